The predicted molar refractivity (Wildman–Crippen MR) is 108 cm³/mol. The number of aryl methyl sites for hydroxylation is 1. The van der Waals surface area contributed by atoms with Crippen molar-refractivity contribution in [3.8, 4) is 5.75 Å². The number of amides is 1. The third-order valence-corrected chi connectivity index (χ3v) is 6.46. The lowest BCUT2D eigenvalue weighted by atomic mass is 10.2. The van der Waals surface area contributed by atoms with E-state index in [2.05, 4.69) is 30.5 Å². The summed E-state index contributed by atoms with van der Waals surface area (Å²) in [5.74, 6) is 1.15. The minimum Gasteiger partial charge on any atom is -0.497 e. The number of nitrogens with zero attached hydrogens (tertiary/aromatic N) is 1. The van der Waals surface area contributed by atoms with Crippen LogP contribution < -0.4 is 14.5 Å². The van der Waals surface area contributed by atoms with Crippen LogP contribution in [0.2, 0.25) is 0 Å². The number of carbonyl (C=O) groups excluding carboxylic acids is 1. The zero-order valence-corrected chi connectivity index (χ0v) is 17.4. The molecule has 6 heteroatoms. The van der Waals surface area contributed by atoms with E-state index in [9.17, 15) is 4.79 Å². The fourth-order valence-electron chi connectivity index (χ4n) is 3.56. The molecule has 0 saturated carbocycles. The molecule has 2 heterocycles. The summed E-state index contributed by atoms with van der Waals surface area (Å²) in [6.07, 6.45) is 0. The monoisotopic (exact) mass is 389 g/mol. The van der Waals surface area contributed by atoms with Gasteiger partial charge in [-0.2, -0.15) is 0 Å². The molecule has 0 radical (unpaired) electrons. The van der Waals surface area contributed by atoms with Gasteiger partial charge in [-0.05, 0) is 48.2 Å². The molecular weight excluding hydrogens is 358 g/mol. The summed E-state index contributed by atoms with van der Waals surface area (Å²) in [7, 11) is 3.62. The highest BCUT2D eigenvalue weighted by atomic mass is 32.1. The first-order valence-electron chi connectivity index (χ1n) is 9.62. The molecule has 1 aromatic heterocycles. The zero-order valence-electron chi connectivity index (χ0n) is 16.6. The topological polar surface area (TPSA) is 38.4 Å². The van der Waals surface area contributed by atoms with Crippen molar-refractivity contribution in [2.45, 2.75) is 20.0 Å². The van der Waals surface area contributed by atoms with Crippen molar-refractivity contribution in [2.75, 3.05) is 46.9 Å². The standard InChI is InChI=1S/C21H29N3O2S/c1-17-8-13-27-20(17)15-22(2)21(25)16-24-11-9-23(10-12-24)14-18-4-6-19(26-3)7-5-18/h4-8,13H,9-12,14-16H2,1-3H3/p+2. The van der Waals surface area contributed by atoms with Gasteiger partial charge in [0.15, 0.2) is 6.54 Å². The van der Waals surface area contributed by atoms with Crippen LogP contribution in [0, 0.1) is 6.92 Å². The van der Waals surface area contributed by atoms with Crippen molar-refractivity contribution in [3.05, 3.63) is 51.7 Å². The summed E-state index contributed by atoms with van der Waals surface area (Å²) < 4.78 is 5.22. The molecule has 1 amide bonds. The highest BCUT2D eigenvalue weighted by molar-refractivity contribution is 7.10. The lowest BCUT2D eigenvalue weighted by Gasteiger charge is -2.30. The number of quaternary nitrogens is 2. The van der Waals surface area contributed by atoms with Crippen LogP contribution in [-0.2, 0) is 17.9 Å². The third-order valence-electron chi connectivity index (χ3n) is 5.45. The van der Waals surface area contributed by atoms with E-state index < -0.39 is 0 Å². The molecule has 1 saturated heterocycles. The van der Waals surface area contributed by atoms with Crippen LogP contribution in [0.5, 0.6) is 5.75 Å². The number of carbonyl (C=O) groups is 1. The van der Waals surface area contributed by atoms with Gasteiger partial charge in [0.2, 0.25) is 0 Å². The highest BCUT2D eigenvalue weighted by Crippen LogP contribution is 2.17. The minimum absolute atomic E-state index is 0.247. The fraction of sp³-hybridized carbons (Fsp3) is 0.476. The smallest absolute Gasteiger partial charge is 0.277 e. The molecule has 0 spiro atoms. The van der Waals surface area contributed by atoms with E-state index in [0.29, 0.717) is 6.54 Å². The largest absolute Gasteiger partial charge is 0.497 e. The van der Waals surface area contributed by atoms with E-state index in [1.54, 1.807) is 23.3 Å². The summed E-state index contributed by atoms with van der Waals surface area (Å²) in [4.78, 5) is 18.7. The molecule has 2 N–H and O–H groups in total. The molecule has 0 aliphatic carbocycles. The first-order chi connectivity index (χ1) is 13.0. The predicted octanol–water partition coefficient (Wildman–Crippen LogP) is 0.00712. The van der Waals surface area contributed by atoms with Crippen LogP contribution in [0.15, 0.2) is 35.7 Å². The Morgan fingerprint density at radius 1 is 1.11 bits per heavy atom. The number of benzene rings is 1. The van der Waals surface area contributed by atoms with Gasteiger partial charge in [-0.25, -0.2) is 0 Å². The van der Waals surface area contributed by atoms with Crippen LogP contribution in [-0.4, -0.2) is 57.7 Å². The molecule has 27 heavy (non-hydrogen) atoms. The maximum absolute atomic E-state index is 12.6. The average Bonchev–Trinajstić information content (AvgIpc) is 3.08. The molecule has 146 valence electrons. The number of hydrogen-bond acceptors (Lipinski definition) is 3. The number of hydrogen-bond donors (Lipinski definition) is 2. The van der Waals surface area contributed by atoms with E-state index in [1.165, 1.54) is 20.9 Å². The van der Waals surface area contributed by atoms with Gasteiger partial charge in [0, 0.05) is 17.5 Å². The molecule has 1 aliphatic heterocycles. The Morgan fingerprint density at radius 3 is 2.37 bits per heavy atom. The Balaban J connectivity index is 1.42. The van der Waals surface area contributed by atoms with Gasteiger partial charge in [-0.3, -0.25) is 4.79 Å². The highest BCUT2D eigenvalue weighted by Gasteiger charge is 2.26. The van der Waals surface area contributed by atoms with Crippen LogP contribution in [0.4, 0.5) is 0 Å². The Kier molecular flexibility index (Phi) is 6.88. The van der Waals surface area contributed by atoms with E-state index in [0.717, 1.165) is 45.0 Å². The number of piperazine rings is 1. The van der Waals surface area contributed by atoms with Crippen LogP contribution in [0.3, 0.4) is 0 Å². The van der Waals surface area contributed by atoms with Crippen LogP contribution >= 0.6 is 11.3 Å². The summed E-state index contributed by atoms with van der Waals surface area (Å²) in [5.41, 5.74) is 2.62. The van der Waals surface area contributed by atoms with Crippen molar-refractivity contribution in [3.63, 3.8) is 0 Å². The first kappa shape index (κ1) is 19.9. The van der Waals surface area contributed by atoms with Gasteiger partial charge in [-0.1, -0.05) is 0 Å². The van der Waals surface area contributed by atoms with Crippen LogP contribution in [0.1, 0.15) is 16.0 Å². The second-order valence-electron chi connectivity index (χ2n) is 7.48. The molecule has 3 rings (SSSR count). The fourth-order valence-corrected chi connectivity index (χ4v) is 4.52. The summed E-state index contributed by atoms with van der Waals surface area (Å²) in [5, 5.41) is 2.10. The van der Waals surface area contributed by atoms with E-state index in [-0.39, 0.29) is 5.91 Å². The molecule has 0 unspecified atom stereocenters. The van der Waals surface area contributed by atoms with Crippen molar-refractivity contribution in [1.82, 2.24) is 4.90 Å². The second-order valence-corrected chi connectivity index (χ2v) is 8.48. The van der Waals surface area contributed by atoms with Gasteiger partial charge in [0.1, 0.15) is 38.5 Å². The zero-order chi connectivity index (χ0) is 19.2. The van der Waals surface area contributed by atoms with E-state index >= 15 is 0 Å². The van der Waals surface area contributed by atoms with Gasteiger partial charge in [0.25, 0.3) is 5.91 Å². The van der Waals surface area contributed by atoms with Gasteiger partial charge < -0.3 is 19.4 Å². The number of ether oxygens (including phenoxy) is 1. The average molecular weight is 390 g/mol. The minimum atomic E-state index is 0.247. The molecule has 1 fully saturated rings. The number of methoxy groups -OCH3 is 1. The second kappa shape index (κ2) is 9.35. The number of likely N-dealkylation sites (N-methyl/N-ethyl adjacent to an activating group) is 1. The van der Waals surface area contributed by atoms with E-state index in [4.69, 9.17) is 4.74 Å². The lowest BCUT2D eigenvalue weighted by molar-refractivity contribution is -1.02. The lowest BCUT2D eigenvalue weighted by Crippen LogP contribution is -3.28. The van der Waals surface area contributed by atoms with Crippen molar-refractivity contribution < 1.29 is 19.3 Å². The van der Waals surface area contributed by atoms with Crippen molar-refractivity contribution in [1.29, 1.82) is 0 Å². The van der Waals surface area contributed by atoms with Crippen molar-refractivity contribution in [2.24, 2.45) is 0 Å². The molecule has 5 nitrogen and oxygen atoms in total. The van der Waals surface area contributed by atoms with Gasteiger partial charge in [-0.15, -0.1) is 11.3 Å². The Bertz CT molecular complexity index is 736. The summed E-state index contributed by atoms with van der Waals surface area (Å²) >= 11 is 1.73. The maximum Gasteiger partial charge on any atom is 0.277 e. The Hall–Kier alpha value is -1.89. The molecule has 0 bridgehead atoms. The third kappa shape index (κ3) is 5.54. The molecule has 0 atom stereocenters. The molecule has 1 aromatic carbocycles. The Labute approximate surface area is 166 Å². The molecular formula is C21H31N3O2S+2. The Morgan fingerprint density at radius 2 is 1.78 bits per heavy atom. The maximum atomic E-state index is 12.6. The number of rotatable bonds is 7. The van der Waals surface area contributed by atoms with E-state index in [1.807, 2.05) is 24.1 Å². The first-order valence-corrected chi connectivity index (χ1v) is 10.5. The van der Waals surface area contributed by atoms with Gasteiger partial charge in [0.05, 0.1) is 13.7 Å². The normalized spacial score (nSPS) is 19.7. The van der Waals surface area contributed by atoms with Gasteiger partial charge >= 0.3 is 0 Å². The van der Waals surface area contributed by atoms with Crippen LogP contribution in [0.25, 0.3) is 0 Å². The number of nitrogens with one attached hydrogen (secondary N) is 2. The quantitative estimate of drug-likeness (QED) is 0.700. The number of thiophene rings is 1. The molecule has 2 aromatic rings. The van der Waals surface area contributed by atoms with Crippen molar-refractivity contribution >= 4 is 17.2 Å². The summed E-state index contributed by atoms with van der Waals surface area (Å²) in [6, 6.07) is 10.5. The summed E-state index contributed by atoms with van der Waals surface area (Å²) in [6.45, 7) is 8.83. The SMILES string of the molecule is COc1ccc(C[NH+]2CC[NH+](CC(=O)N(C)Cc3sccc3C)CC2)cc1. The molecule has 1 aliphatic rings.